The number of hydrogen-bond donors (Lipinski definition) is 0. The molecule has 4 rings (SSSR count). The molecule has 6 nitrogen and oxygen atoms in total. The number of aromatic nitrogens is 3. The SMILES string of the molecule is Cc1cc(C(=O)N2CCC[C@H](COc3ccc(F)cc3)C2)c2cnn(C(C)C)c2n1. The predicted octanol–water partition coefficient (Wildman–Crippen LogP) is 4.39. The fraction of sp³-hybridized carbons (Fsp3) is 0.435. The van der Waals surface area contributed by atoms with Crippen molar-refractivity contribution in [2.75, 3.05) is 19.7 Å². The molecular weight excluding hydrogens is 383 g/mol. The van der Waals surface area contributed by atoms with Crippen LogP contribution in [0.5, 0.6) is 5.75 Å². The molecule has 0 saturated carbocycles. The van der Waals surface area contributed by atoms with Gasteiger partial charge in [0.1, 0.15) is 11.6 Å². The minimum absolute atomic E-state index is 0.0142. The number of carbonyl (C=O) groups is 1. The van der Waals surface area contributed by atoms with Gasteiger partial charge in [0.25, 0.3) is 5.91 Å². The standard InChI is InChI=1S/C23H27FN4O2/c1-15(2)28-22-21(12-25-28)20(11-16(3)26-22)23(29)27-10-4-5-17(13-27)14-30-19-8-6-18(24)7-9-19/h6-9,11-12,15,17H,4-5,10,13-14H2,1-3H3/t17-/m0/s1. The Bertz CT molecular complexity index is 1050. The number of pyridine rings is 1. The Balaban J connectivity index is 1.50. The van der Waals surface area contributed by atoms with E-state index in [1.807, 2.05) is 36.4 Å². The maximum Gasteiger partial charge on any atom is 0.254 e. The van der Waals surface area contributed by atoms with Gasteiger partial charge in [-0.2, -0.15) is 5.10 Å². The topological polar surface area (TPSA) is 60.3 Å². The Morgan fingerprint density at radius 1 is 1.30 bits per heavy atom. The van der Waals surface area contributed by atoms with Gasteiger partial charge in [0.15, 0.2) is 5.65 Å². The number of amides is 1. The second-order valence-electron chi connectivity index (χ2n) is 8.26. The van der Waals surface area contributed by atoms with Crippen LogP contribution < -0.4 is 4.74 Å². The number of benzene rings is 1. The number of carbonyl (C=O) groups excluding carboxylic acids is 1. The van der Waals surface area contributed by atoms with E-state index in [1.165, 1.54) is 12.1 Å². The molecule has 30 heavy (non-hydrogen) atoms. The third-order valence-electron chi connectivity index (χ3n) is 5.52. The van der Waals surface area contributed by atoms with E-state index in [2.05, 4.69) is 10.1 Å². The molecule has 7 heteroatoms. The minimum atomic E-state index is -0.281. The Morgan fingerprint density at radius 3 is 2.80 bits per heavy atom. The molecule has 3 heterocycles. The van der Waals surface area contributed by atoms with Crippen LogP contribution in [0.1, 0.15) is 48.8 Å². The number of likely N-dealkylation sites (tertiary alicyclic amines) is 1. The Kier molecular flexibility index (Phi) is 5.70. The highest BCUT2D eigenvalue weighted by molar-refractivity contribution is 6.05. The van der Waals surface area contributed by atoms with Crippen molar-refractivity contribution < 1.29 is 13.9 Å². The zero-order valence-electron chi connectivity index (χ0n) is 17.6. The summed E-state index contributed by atoms with van der Waals surface area (Å²) in [5.41, 5.74) is 2.22. The molecular formula is C23H27FN4O2. The highest BCUT2D eigenvalue weighted by Gasteiger charge is 2.27. The first kappa shape index (κ1) is 20.3. The molecule has 0 aliphatic carbocycles. The summed E-state index contributed by atoms with van der Waals surface area (Å²) in [7, 11) is 0. The van der Waals surface area contributed by atoms with Crippen LogP contribution >= 0.6 is 0 Å². The van der Waals surface area contributed by atoms with E-state index in [9.17, 15) is 9.18 Å². The van der Waals surface area contributed by atoms with Crippen LogP contribution in [0.3, 0.4) is 0 Å². The second-order valence-corrected chi connectivity index (χ2v) is 8.26. The summed E-state index contributed by atoms with van der Waals surface area (Å²) in [6, 6.07) is 8.06. The fourth-order valence-corrected chi connectivity index (χ4v) is 4.00. The molecule has 0 unspecified atom stereocenters. The molecule has 1 amide bonds. The van der Waals surface area contributed by atoms with E-state index in [0.29, 0.717) is 24.5 Å². The summed E-state index contributed by atoms with van der Waals surface area (Å²) >= 11 is 0. The molecule has 0 spiro atoms. The molecule has 1 aliphatic heterocycles. The van der Waals surface area contributed by atoms with E-state index in [-0.39, 0.29) is 23.7 Å². The third-order valence-corrected chi connectivity index (χ3v) is 5.52. The van der Waals surface area contributed by atoms with E-state index < -0.39 is 0 Å². The van der Waals surface area contributed by atoms with Crippen molar-refractivity contribution in [3.05, 3.63) is 53.6 Å². The largest absolute Gasteiger partial charge is 0.493 e. The first-order valence-corrected chi connectivity index (χ1v) is 10.4. The smallest absolute Gasteiger partial charge is 0.254 e. The first-order chi connectivity index (χ1) is 14.4. The first-order valence-electron chi connectivity index (χ1n) is 10.4. The number of halogens is 1. The predicted molar refractivity (Wildman–Crippen MR) is 113 cm³/mol. The van der Waals surface area contributed by atoms with E-state index in [4.69, 9.17) is 4.74 Å². The van der Waals surface area contributed by atoms with Crippen LogP contribution in [0, 0.1) is 18.7 Å². The van der Waals surface area contributed by atoms with Gasteiger partial charge in [-0.1, -0.05) is 0 Å². The number of fused-ring (bicyclic) bond motifs is 1. The Hall–Kier alpha value is -2.96. The third kappa shape index (κ3) is 4.15. The van der Waals surface area contributed by atoms with Gasteiger partial charge < -0.3 is 9.64 Å². The summed E-state index contributed by atoms with van der Waals surface area (Å²) < 4.78 is 20.7. The van der Waals surface area contributed by atoms with Crippen LogP contribution in [0.2, 0.25) is 0 Å². The van der Waals surface area contributed by atoms with E-state index in [1.54, 1.807) is 18.3 Å². The van der Waals surface area contributed by atoms with Gasteiger partial charge in [0, 0.05) is 30.7 Å². The number of aryl methyl sites for hydroxylation is 1. The van der Waals surface area contributed by atoms with Crippen LogP contribution in [0.4, 0.5) is 4.39 Å². The second kappa shape index (κ2) is 8.42. The van der Waals surface area contributed by atoms with Crippen molar-refractivity contribution >= 4 is 16.9 Å². The molecule has 0 radical (unpaired) electrons. The molecule has 0 N–H and O–H groups in total. The van der Waals surface area contributed by atoms with Crippen molar-refractivity contribution in [2.45, 2.75) is 39.7 Å². The van der Waals surface area contributed by atoms with Gasteiger partial charge in [-0.25, -0.2) is 14.1 Å². The van der Waals surface area contributed by atoms with Crippen molar-refractivity contribution in [2.24, 2.45) is 5.92 Å². The summed E-state index contributed by atoms with van der Waals surface area (Å²) in [4.78, 5) is 19.9. The van der Waals surface area contributed by atoms with E-state index >= 15 is 0 Å². The lowest BCUT2D eigenvalue weighted by molar-refractivity contribution is 0.0635. The molecule has 2 aromatic heterocycles. The monoisotopic (exact) mass is 410 g/mol. The van der Waals surface area contributed by atoms with Gasteiger partial charge in [-0.05, 0) is 63.9 Å². The quantitative estimate of drug-likeness (QED) is 0.626. The number of nitrogens with zero attached hydrogens (tertiary/aromatic N) is 4. The number of rotatable bonds is 5. The average Bonchev–Trinajstić information content (AvgIpc) is 3.16. The van der Waals surface area contributed by atoms with Gasteiger partial charge >= 0.3 is 0 Å². The molecule has 1 fully saturated rings. The molecule has 1 atom stereocenters. The van der Waals surface area contributed by atoms with Crippen LogP contribution in [-0.4, -0.2) is 45.3 Å². The number of hydrogen-bond acceptors (Lipinski definition) is 4. The fourth-order valence-electron chi connectivity index (χ4n) is 4.00. The van der Waals surface area contributed by atoms with Crippen molar-refractivity contribution in [3.8, 4) is 5.75 Å². The normalized spacial score (nSPS) is 17.0. The molecule has 1 aliphatic rings. The zero-order valence-corrected chi connectivity index (χ0v) is 17.6. The van der Waals surface area contributed by atoms with Gasteiger partial charge in [0.2, 0.25) is 0 Å². The summed E-state index contributed by atoms with van der Waals surface area (Å²) in [5, 5.41) is 5.24. The van der Waals surface area contributed by atoms with Crippen molar-refractivity contribution in [3.63, 3.8) is 0 Å². The van der Waals surface area contributed by atoms with Gasteiger partial charge in [-0.15, -0.1) is 0 Å². The maximum absolute atomic E-state index is 13.4. The Morgan fingerprint density at radius 2 is 2.07 bits per heavy atom. The zero-order chi connectivity index (χ0) is 21.3. The maximum atomic E-state index is 13.4. The molecule has 0 bridgehead atoms. The molecule has 1 aromatic carbocycles. The lowest BCUT2D eigenvalue weighted by Gasteiger charge is -2.33. The lowest BCUT2D eigenvalue weighted by Crippen LogP contribution is -2.41. The van der Waals surface area contributed by atoms with Crippen molar-refractivity contribution in [1.29, 1.82) is 0 Å². The van der Waals surface area contributed by atoms with Crippen LogP contribution in [0.15, 0.2) is 36.5 Å². The Labute approximate surface area is 175 Å². The minimum Gasteiger partial charge on any atom is -0.493 e. The molecule has 3 aromatic rings. The van der Waals surface area contributed by atoms with Gasteiger partial charge in [0.05, 0.1) is 23.8 Å². The van der Waals surface area contributed by atoms with Crippen molar-refractivity contribution in [1.82, 2.24) is 19.7 Å². The highest BCUT2D eigenvalue weighted by atomic mass is 19.1. The van der Waals surface area contributed by atoms with Gasteiger partial charge in [-0.3, -0.25) is 4.79 Å². The molecule has 158 valence electrons. The highest BCUT2D eigenvalue weighted by Crippen LogP contribution is 2.25. The van der Waals surface area contributed by atoms with Crippen LogP contribution in [0.25, 0.3) is 11.0 Å². The van der Waals surface area contributed by atoms with E-state index in [0.717, 1.165) is 36.1 Å². The lowest BCUT2D eigenvalue weighted by atomic mass is 9.98. The van der Waals surface area contributed by atoms with Crippen LogP contribution in [-0.2, 0) is 0 Å². The molecule has 1 saturated heterocycles. The average molecular weight is 410 g/mol. The number of ether oxygens (including phenoxy) is 1. The summed E-state index contributed by atoms with van der Waals surface area (Å²) in [6.45, 7) is 7.88. The summed E-state index contributed by atoms with van der Waals surface area (Å²) in [6.07, 6.45) is 3.68. The number of piperidine rings is 1. The summed E-state index contributed by atoms with van der Waals surface area (Å²) in [5.74, 6) is 0.619.